The number of nitrogens with two attached hydrogens (primary N) is 2. The van der Waals surface area contributed by atoms with E-state index in [1.54, 1.807) is 24.7 Å². The Bertz CT molecular complexity index is 729. The van der Waals surface area contributed by atoms with E-state index in [1.807, 2.05) is 0 Å². The number of esters is 1. The summed E-state index contributed by atoms with van der Waals surface area (Å²) in [7, 11) is 0. The van der Waals surface area contributed by atoms with E-state index >= 15 is 0 Å². The van der Waals surface area contributed by atoms with Crippen LogP contribution >= 0.6 is 0 Å². The van der Waals surface area contributed by atoms with E-state index in [-0.39, 0.29) is 42.6 Å². The molecular formula is C14H20N6O3. The molecule has 2 aromatic rings. The lowest BCUT2D eigenvalue weighted by Gasteiger charge is -2.16. The van der Waals surface area contributed by atoms with Gasteiger partial charge in [0.15, 0.2) is 11.5 Å². The van der Waals surface area contributed by atoms with Gasteiger partial charge in [-0.2, -0.15) is 9.97 Å². The van der Waals surface area contributed by atoms with Crippen LogP contribution in [0.4, 0.5) is 11.8 Å². The molecule has 2 unspecified atom stereocenters. The first kappa shape index (κ1) is 15.5. The molecule has 1 fully saturated rings. The van der Waals surface area contributed by atoms with Gasteiger partial charge in [0.05, 0.1) is 18.3 Å². The van der Waals surface area contributed by atoms with Gasteiger partial charge in [-0.3, -0.25) is 9.36 Å². The molecule has 3 rings (SSSR count). The van der Waals surface area contributed by atoms with Gasteiger partial charge in [0.25, 0.3) is 0 Å². The summed E-state index contributed by atoms with van der Waals surface area (Å²) in [6, 6.07) is 0. The third-order valence-electron chi connectivity index (χ3n) is 3.74. The van der Waals surface area contributed by atoms with Gasteiger partial charge in [0.2, 0.25) is 5.95 Å². The van der Waals surface area contributed by atoms with Crippen molar-refractivity contribution in [2.75, 3.05) is 18.1 Å². The van der Waals surface area contributed by atoms with Crippen molar-refractivity contribution in [1.29, 1.82) is 0 Å². The molecule has 0 amide bonds. The molecule has 0 bridgehead atoms. The van der Waals surface area contributed by atoms with Crippen molar-refractivity contribution in [3.05, 3.63) is 6.33 Å². The number of hydrogen-bond donors (Lipinski definition) is 2. The highest BCUT2D eigenvalue weighted by molar-refractivity contribution is 5.82. The molecule has 1 aliphatic heterocycles. The minimum atomic E-state index is -0.239. The lowest BCUT2D eigenvalue weighted by molar-refractivity contribution is -0.152. The number of aromatic nitrogens is 4. The first-order valence-electron chi connectivity index (χ1n) is 7.53. The molecule has 2 atom stereocenters. The molecule has 3 heterocycles. The first-order chi connectivity index (χ1) is 11.0. The van der Waals surface area contributed by atoms with Gasteiger partial charge in [0.1, 0.15) is 18.4 Å². The molecule has 2 aromatic heterocycles. The monoisotopic (exact) mass is 320 g/mol. The molecule has 0 radical (unpaired) electrons. The lowest BCUT2D eigenvalue weighted by atomic mass is 10.2. The molecule has 4 N–H and O–H groups in total. The summed E-state index contributed by atoms with van der Waals surface area (Å²) in [5.41, 5.74) is 12.5. The van der Waals surface area contributed by atoms with E-state index in [4.69, 9.17) is 20.9 Å². The maximum atomic E-state index is 11.5. The zero-order valence-electron chi connectivity index (χ0n) is 13.1. The number of carbonyl (C=O) groups excluding carboxylic acids is 1. The summed E-state index contributed by atoms with van der Waals surface area (Å²) in [5, 5.41) is 0. The molecular weight excluding hydrogens is 300 g/mol. The number of fused-ring (bicyclic) bond motifs is 1. The minimum Gasteiger partial charge on any atom is -0.463 e. The van der Waals surface area contributed by atoms with Crippen LogP contribution in [0.5, 0.6) is 0 Å². The van der Waals surface area contributed by atoms with Gasteiger partial charge in [-0.25, -0.2) is 4.98 Å². The molecule has 0 spiro atoms. The van der Waals surface area contributed by atoms with Crippen LogP contribution in [0.2, 0.25) is 0 Å². The van der Waals surface area contributed by atoms with Crippen molar-refractivity contribution in [3.63, 3.8) is 0 Å². The van der Waals surface area contributed by atoms with E-state index in [1.165, 1.54) is 0 Å². The average molecular weight is 320 g/mol. The Labute approximate surface area is 133 Å². The van der Waals surface area contributed by atoms with Gasteiger partial charge >= 0.3 is 5.97 Å². The van der Waals surface area contributed by atoms with E-state index in [9.17, 15) is 4.79 Å². The quantitative estimate of drug-likeness (QED) is 0.793. The zero-order chi connectivity index (χ0) is 16.6. The first-order valence-corrected chi connectivity index (χ1v) is 7.53. The highest BCUT2D eigenvalue weighted by Crippen LogP contribution is 2.31. The molecule has 9 heteroatoms. The number of nitrogen functional groups attached to an aromatic ring is 2. The minimum absolute atomic E-state index is 0.0946. The van der Waals surface area contributed by atoms with E-state index in [0.29, 0.717) is 11.2 Å². The van der Waals surface area contributed by atoms with Gasteiger partial charge in [-0.15, -0.1) is 0 Å². The Morgan fingerprint density at radius 3 is 2.96 bits per heavy atom. The summed E-state index contributed by atoms with van der Waals surface area (Å²) in [4.78, 5) is 23.8. The van der Waals surface area contributed by atoms with Crippen LogP contribution in [0.3, 0.4) is 0 Å². The number of carbonyl (C=O) groups is 1. The molecule has 0 saturated carbocycles. The van der Waals surface area contributed by atoms with Crippen molar-refractivity contribution in [2.45, 2.75) is 39.0 Å². The Balaban J connectivity index is 1.71. The van der Waals surface area contributed by atoms with Crippen LogP contribution in [0.15, 0.2) is 6.33 Å². The van der Waals surface area contributed by atoms with Crippen molar-refractivity contribution in [3.8, 4) is 0 Å². The third kappa shape index (κ3) is 3.04. The predicted molar refractivity (Wildman–Crippen MR) is 83.1 cm³/mol. The van der Waals surface area contributed by atoms with Crippen molar-refractivity contribution in [2.24, 2.45) is 5.92 Å². The fraction of sp³-hybridized carbons (Fsp3) is 0.571. The maximum absolute atomic E-state index is 11.5. The molecule has 124 valence electrons. The Hall–Kier alpha value is -2.42. The van der Waals surface area contributed by atoms with Crippen molar-refractivity contribution in [1.82, 2.24) is 19.5 Å². The summed E-state index contributed by atoms with van der Waals surface area (Å²) >= 11 is 0. The average Bonchev–Trinajstić information content (AvgIpc) is 3.10. The summed E-state index contributed by atoms with van der Waals surface area (Å²) in [6.07, 6.45) is 2.78. The lowest BCUT2D eigenvalue weighted by Crippen LogP contribution is -2.21. The standard InChI is InChI=1S/C14H20N6O3/c1-7(2)13(21)22-5-8-3-4-9(23-8)20-6-17-10-11(15)18-14(16)19-12(10)20/h6-9H,3-5H2,1-2H3,(H4,15,16,18,19). The second kappa shape index (κ2) is 5.99. The van der Waals surface area contributed by atoms with Crippen molar-refractivity contribution >= 4 is 28.9 Å². The number of hydrogen-bond acceptors (Lipinski definition) is 8. The van der Waals surface area contributed by atoms with Crippen LogP contribution in [-0.2, 0) is 14.3 Å². The molecule has 1 saturated heterocycles. The fourth-order valence-corrected chi connectivity index (χ4v) is 2.52. The Morgan fingerprint density at radius 1 is 1.43 bits per heavy atom. The van der Waals surface area contributed by atoms with Gasteiger partial charge in [-0.05, 0) is 12.8 Å². The number of ether oxygens (including phenoxy) is 2. The number of rotatable bonds is 4. The SMILES string of the molecule is CC(C)C(=O)OCC1CCC(n2cnc3c(N)nc(N)nc32)O1. The van der Waals surface area contributed by atoms with Gasteiger partial charge in [-0.1, -0.05) is 13.8 Å². The summed E-state index contributed by atoms with van der Waals surface area (Å²) in [5.74, 6) is -0.0327. The highest BCUT2D eigenvalue weighted by atomic mass is 16.6. The van der Waals surface area contributed by atoms with Gasteiger partial charge < -0.3 is 20.9 Å². The fourth-order valence-electron chi connectivity index (χ4n) is 2.52. The van der Waals surface area contributed by atoms with Gasteiger partial charge in [0, 0.05) is 0 Å². The second-order valence-electron chi connectivity index (χ2n) is 5.87. The van der Waals surface area contributed by atoms with E-state index in [2.05, 4.69) is 15.0 Å². The highest BCUT2D eigenvalue weighted by Gasteiger charge is 2.29. The summed E-state index contributed by atoms with van der Waals surface area (Å²) in [6.45, 7) is 3.85. The molecule has 9 nitrogen and oxygen atoms in total. The van der Waals surface area contributed by atoms with Crippen molar-refractivity contribution < 1.29 is 14.3 Å². The number of imidazole rings is 1. The second-order valence-corrected chi connectivity index (χ2v) is 5.87. The topological polar surface area (TPSA) is 131 Å². The van der Waals surface area contributed by atoms with Crippen LogP contribution in [-0.4, -0.2) is 38.2 Å². The Morgan fingerprint density at radius 2 is 2.22 bits per heavy atom. The molecule has 0 aliphatic carbocycles. The third-order valence-corrected chi connectivity index (χ3v) is 3.74. The molecule has 1 aliphatic rings. The van der Waals surface area contributed by atoms with Crippen LogP contribution < -0.4 is 11.5 Å². The largest absolute Gasteiger partial charge is 0.463 e. The smallest absolute Gasteiger partial charge is 0.308 e. The normalized spacial score (nSPS) is 21.2. The Kier molecular flexibility index (Phi) is 4.03. The maximum Gasteiger partial charge on any atom is 0.308 e. The number of anilines is 2. The van der Waals surface area contributed by atoms with Crippen LogP contribution in [0.25, 0.3) is 11.2 Å². The number of nitrogens with zero attached hydrogens (tertiary/aromatic N) is 4. The molecule has 0 aromatic carbocycles. The van der Waals surface area contributed by atoms with E-state index in [0.717, 1.165) is 12.8 Å². The predicted octanol–water partition coefficient (Wildman–Crippen LogP) is 0.868. The molecule has 23 heavy (non-hydrogen) atoms. The zero-order valence-corrected chi connectivity index (χ0v) is 13.1. The van der Waals surface area contributed by atoms with Crippen LogP contribution in [0, 0.1) is 5.92 Å². The van der Waals surface area contributed by atoms with Crippen LogP contribution in [0.1, 0.15) is 32.9 Å². The van der Waals surface area contributed by atoms with E-state index < -0.39 is 0 Å². The summed E-state index contributed by atoms with van der Waals surface area (Å²) < 4.78 is 12.9.